The standard InChI is InChI=1S/C15H23FN2O.ClH/c1-15(2,12-7-4-5-8-13(12)16)11-18-14(19)9-6-10-17-3;/h4-5,7-8,17H,6,9-11H2,1-3H3,(H,18,19);1H. The number of rotatable bonds is 7. The second kappa shape index (κ2) is 8.93. The quantitative estimate of drug-likeness (QED) is 0.760. The van der Waals surface area contributed by atoms with E-state index in [2.05, 4.69) is 10.6 Å². The van der Waals surface area contributed by atoms with Crippen molar-refractivity contribution >= 4 is 18.3 Å². The van der Waals surface area contributed by atoms with Crippen LogP contribution in [0.5, 0.6) is 0 Å². The van der Waals surface area contributed by atoms with E-state index in [1.165, 1.54) is 6.07 Å². The molecule has 0 fully saturated rings. The van der Waals surface area contributed by atoms with Crippen LogP contribution in [0.15, 0.2) is 24.3 Å². The molecule has 0 unspecified atom stereocenters. The summed E-state index contributed by atoms with van der Waals surface area (Å²) in [4.78, 5) is 11.6. The van der Waals surface area contributed by atoms with E-state index in [1.54, 1.807) is 12.1 Å². The first kappa shape index (κ1) is 18.9. The summed E-state index contributed by atoms with van der Waals surface area (Å²) in [6.45, 7) is 5.12. The van der Waals surface area contributed by atoms with Crippen LogP contribution < -0.4 is 10.6 Å². The van der Waals surface area contributed by atoms with Gasteiger partial charge in [-0.15, -0.1) is 12.4 Å². The maximum absolute atomic E-state index is 13.7. The van der Waals surface area contributed by atoms with Crippen molar-refractivity contribution in [3.8, 4) is 0 Å². The molecular weight excluding hydrogens is 279 g/mol. The van der Waals surface area contributed by atoms with E-state index in [-0.39, 0.29) is 24.1 Å². The highest BCUT2D eigenvalue weighted by Gasteiger charge is 2.24. The Morgan fingerprint density at radius 3 is 2.55 bits per heavy atom. The van der Waals surface area contributed by atoms with Crippen molar-refractivity contribution in [2.24, 2.45) is 0 Å². The van der Waals surface area contributed by atoms with Crippen LogP contribution in [-0.4, -0.2) is 26.0 Å². The van der Waals surface area contributed by atoms with Crippen molar-refractivity contribution < 1.29 is 9.18 Å². The zero-order valence-electron chi connectivity index (χ0n) is 12.3. The lowest BCUT2D eigenvalue weighted by Crippen LogP contribution is -2.37. The summed E-state index contributed by atoms with van der Waals surface area (Å²) in [6, 6.07) is 6.70. The minimum Gasteiger partial charge on any atom is -0.355 e. The van der Waals surface area contributed by atoms with E-state index in [1.807, 2.05) is 27.0 Å². The molecule has 0 radical (unpaired) electrons. The molecule has 0 spiro atoms. The predicted octanol–water partition coefficient (Wildman–Crippen LogP) is 2.64. The summed E-state index contributed by atoms with van der Waals surface area (Å²) in [7, 11) is 1.86. The minimum atomic E-state index is -0.413. The van der Waals surface area contributed by atoms with E-state index in [0.717, 1.165) is 13.0 Å². The van der Waals surface area contributed by atoms with Gasteiger partial charge in [0.25, 0.3) is 0 Å². The molecule has 1 rings (SSSR count). The van der Waals surface area contributed by atoms with Gasteiger partial charge in [-0.3, -0.25) is 4.79 Å². The van der Waals surface area contributed by atoms with Crippen molar-refractivity contribution in [3.05, 3.63) is 35.6 Å². The molecule has 2 N–H and O–H groups in total. The van der Waals surface area contributed by atoms with Crippen molar-refractivity contribution in [1.82, 2.24) is 10.6 Å². The first-order valence-corrected chi connectivity index (χ1v) is 6.63. The fourth-order valence-corrected chi connectivity index (χ4v) is 1.94. The number of hydrogen-bond donors (Lipinski definition) is 2. The summed E-state index contributed by atoms with van der Waals surface area (Å²) >= 11 is 0. The largest absolute Gasteiger partial charge is 0.355 e. The molecule has 1 aromatic rings. The third-order valence-corrected chi connectivity index (χ3v) is 3.16. The number of benzene rings is 1. The average molecular weight is 303 g/mol. The Hall–Kier alpha value is -1.13. The van der Waals surface area contributed by atoms with Gasteiger partial charge in [-0.25, -0.2) is 4.39 Å². The van der Waals surface area contributed by atoms with Gasteiger partial charge in [0.05, 0.1) is 0 Å². The topological polar surface area (TPSA) is 41.1 Å². The van der Waals surface area contributed by atoms with Crippen LogP contribution in [0.4, 0.5) is 4.39 Å². The van der Waals surface area contributed by atoms with Gasteiger partial charge in [-0.2, -0.15) is 0 Å². The number of carbonyl (C=O) groups is 1. The molecule has 0 saturated heterocycles. The Morgan fingerprint density at radius 1 is 1.30 bits per heavy atom. The molecule has 114 valence electrons. The highest BCUT2D eigenvalue weighted by molar-refractivity contribution is 5.85. The molecule has 0 aliphatic rings. The highest BCUT2D eigenvalue weighted by Crippen LogP contribution is 2.24. The fraction of sp³-hybridized carbons (Fsp3) is 0.533. The van der Waals surface area contributed by atoms with Crippen LogP contribution in [0.2, 0.25) is 0 Å². The van der Waals surface area contributed by atoms with Crippen LogP contribution in [0.25, 0.3) is 0 Å². The first-order valence-electron chi connectivity index (χ1n) is 6.63. The molecular formula is C15H24ClFN2O. The molecule has 0 aromatic heterocycles. The van der Waals surface area contributed by atoms with E-state index >= 15 is 0 Å². The van der Waals surface area contributed by atoms with Crippen molar-refractivity contribution in [2.45, 2.75) is 32.1 Å². The van der Waals surface area contributed by atoms with Crippen molar-refractivity contribution in [3.63, 3.8) is 0 Å². The Balaban J connectivity index is 0.00000361. The number of halogens is 2. The number of nitrogens with one attached hydrogen (secondary N) is 2. The minimum absolute atomic E-state index is 0. The monoisotopic (exact) mass is 302 g/mol. The molecule has 1 amide bonds. The summed E-state index contributed by atoms with van der Waals surface area (Å²) in [5, 5.41) is 5.87. The molecule has 5 heteroatoms. The van der Waals surface area contributed by atoms with Crippen LogP contribution in [0.1, 0.15) is 32.3 Å². The second-order valence-corrected chi connectivity index (χ2v) is 5.35. The normalized spacial score (nSPS) is 10.8. The SMILES string of the molecule is CNCCCC(=O)NCC(C)(C)c1ccccc1F.Cl. The maximum Gasteiger partial charge on any atom is 0.220 e. The van der Waals surface area contributed by atoms with E-state index < -0.39 is 5.41 Å². The van der Waals surface area contributed by atoms with Gasteiger partial charge >= 0.3 is 0 Å². The molecule has 20 heavy (non-hydrogen) atoms. The summed E-state index contributed by atoms with van der Waals surface area (Å²) in [6.07, 6.45) is 1.30. The molecule has 0 atom stereocenters. The number of amides is 1. The highest BCUT2D eigenvalue weighted by atomic mass is 35.5. The van der Waals surface area contributed by atoms with Gasteiger partial charge in [0.15, 0.2) is 0 Å². The molecule has 0 bridgehead atoms. The molecule has 0 aliphatic carbocycles. The lowest BCUT2D eigenvalue weighted by atomic mass is 9.84. The van der Waals surface area contributed by atoms with Gasteiger partial charge in [0, 0.05) is 18.4 Å². The average Bonchev–Trinajstić information content (AvgIpc) is 2.37. The maximum atomic E-state index is 13.7. The smallest absolute Gasteiger partial charge is 0.220 e. The van der Waals surface area contributed by atoms with Gasteiger partial charge in [-0.05, 0) is 31.6 Å². The molecule has 1 aromatic carbocycles. The molecule has 0 aliphatic heterocycles. The molecule has 0 saturated carbocycles. The lowest BCUT2D eigenvalue weighted by molar-refractivity contribution is -0.121. The zero-order valence-corrected chi connectivity index (χ0v) is 13.1. The van der Waals surface area contributed by atoms with E-state index in [4.69, 9.17) is 0 Å². The number of carbonyl (C=O) groups excluding carboxylic acids is 1. The third-order valence-electron chi connectivity index (χ3n) is 3.16. The Morgan fingerprint density at radius 2 is 1.95 bits per heavy atom. The van der Waals surface area contributed by atoms with Gasteiger partial charge in [-0.1, -0.05) is 32.0 Å². The number of hydrogen-bond acceptors (Lipinski definition) is 2. The van der Waals surface area contributed by atoms with Crippen LogP contribution in [0, 0.1) is 5.82 Å². The Bertz CT molecular complexity index is 424. The summed E-state index contributed by atoms with van der Waals surface area (Å²) in [5.74, 6) is -0.211. The Labute approximate surface area is 126 Å². The third kappa shape index (κ3) is 5.88. The van der Waals surface area contributed by atoms with Gasteiger partial charge in [0.1, 0.15) is 5.82 Å². The summed E-state index contributed by atoms with van der Waals surface area (Å²) in [5.41, 5.74) is 0.217. The Kier molecular flexibility index (Phi) is 8.42. The van der Waals surface area contributed by atoms with Gasteiger partial charge in [0.2, 0.25) is 5.91 Å². The molecule has 3 nitrogen and oxygen atoms in total. The zero-order chi connectivity index (χ0) is 14.3. The lowest BCUT2D eigenvalue weighted by Gasteiger charge is -2.26. The molecule has 0 heterocycles. The predicted molar refractivity (Wildman–Crippen MR) is 82.8 cm³/mol. The summed E-state index contributed by atoms with van der Waals surface area (Å²) < 4.78 is 13.7. The van der Waals surface area contributed by atoms with Crippen molar-refractivity contribution in [1.29, 1.82) is 0 Å². The fourth-order valence-electron chi connectivity index (χ4n) is 1.94. The van der Waals surface area contributed by atoms with Crippen LogP contribution in [0.3, 0.4) is 0 Å². The van der Waals surface area contributed by atoms with Crippen LogP contribution >= 0.6 is 12.4 Å². The second-order valence-electron chi connectivity index (χ2n) is 5.35. The van der Waals surface area contributed by atoms with E-state index in [9.17, 15) is 9.18 Å². The van der Waals surface area contributed by atoms with E-state index in [0.29, 0.717) is 18.5 Å². The van der Waals surface area contributed by atoms with Crippen molar-refractivity contribution in [2.75, 3.05) is 20.1 Å². The van der Waals surface area contributed by atoms with Gasteiger partial charge < -0.3 is 10.6 Å². The first-order chi connectivity index (χ1) is 8.97. The van der Waals surface area contributed by atoms with Crippen LogP contribution in [-0.2, 0) is 10.2 Å².